The molecule has 0 saturated carbocycles. The standard InChI is InChI=1S/C13H21NO2S/c1-3-4-5-6-9-17(15,16)12-7-8-13(14)11(2)10-12/h7-8,10H,3-6,9,14H2,1-2H3. The van der Waals surface area contributed by atoms with E-state index in [0.29, 0.717) is 10.6 Å². The predicted molar refractivity (Wildman–Crippen MR) is 71.8 cm³/mol. The van der Waals surface area contributed by atoms with E-state index in [4.69, 9.17) is 5.73 Å². The van der Waals surface area contributed by atoms with Crippen LogP contribution >= 0.6 is 0 Å². The largest absolute Gasteiger partial charge is 0.399 e. The quantitative estimate of drug-likeness (QED) is 0.628. The van der Waals surface area contributed by atoms with Crippen LogP contribution in [0.25, 0.3) is 0 Å². The summed E-state index contributed by atoms with van der Waals surface area (Å²) in [5.74, 6) is 0.232. The maximum Gasteiger partial charge on any atom is 0.178 e. The molecule has 0 bridgehead atoms. The highest BCUT2D eigenvalue weighted by Gasteiger charge is 2.14. The van der Waals surface area contributed by atoms with Gasteiger partial charge in [0.15, 0.2) is 9.84 Å². The summed E-state index contributed by atoms with van der Waals surface area (Å²) in [7, 11) is -3.14. The van der Waals surface area contributed by atoms with E-state index in [1.54, 1.807) is 18.2 Å². The van der Waals surface area contributed by atoms with Crippen molar-refractivity contribution in [2.75, 3.05) is 11.5 Å². The number of aryl methyl sites for hydroxylation is 1. The highest BCUT2D eigenvalue weighted by atomic mass is 32.2. The van der Waals surface area contributed by atoms with Gasteiger partial charge in [0.25, 0.3) is 0 Å². The molecule has 1 rings (SSSR count). The lowest BCUT2D eigenvalue weighted by atomic mass is 10.2. The minimum Gasteiger partial charge on any atom is -0.399 e. The lowest BCUT2D eigenvalue weighted by Gasteiger charge is -2.06. The molecule has 0 aromatic heterocycles. The van der Waals surface area contributed by atoms with E-state index in [2.05, 4.69) is 6.92 Å². The maximum absolute atomic E-state index is 12.0. The molecule has 0 aliphatic rings. The number of sulfone groups is 1. The van der Waals surface area contributed by atoms with Crippen LogP contribution in [0.3, 0.4) is 0 Å². The molecular weight excluding hydrogens is 234 g/mol. The highest BCUT2D eigenvalue weighted by Crippen LogP contribution is 2.19. The summed E-state index contributed by atoms with van der Waals surface area (Å²) in [5.41, 5.74) is 7.13. The minimum absolute atomic E-state index is 0.232. The van der Waals surface area contributed by atoms with E-state index < -0.39 is 9.84 Å². The van der Waals surface area contributed by atoms with E-state index in [-0.39, 0.29) is 5.75 Å². The number of benzene rings is 1. The zero-order chi connectivity index (χ0) is 12.9. The van der Waals surface area contributed by atoms with Crippen LogP contribution in [0.4, 0.5) is 5.69 Å². The fraction of sp³-hybridized carbons (Fsp3) is 0.538. The second kappa shape index (κ2) is 6.05. The van der Waals surface area contributed by atoms with Gasteiger partial charge in [0.05, 0.1) is 10.6 Å². The zero-order valence-corrected chi connectivity index (χ0v) is 11.4. The molecule has 0 aliphatic heterocycles. The van der Waals surface area contributed by atoms with Crippen molar-refractivity contribution in [1.29, 1.82) is 0 Å². The molecule has 2 N–H and O–H groups in total. The predicted octanol–water partition coefficient (Wildman–Crippen LogP) is 2.93. The van der Waals surface area contributed by atoms with Gasteiger partial charge in [-0.3, -0.25) is 0 Å². The fourth-order valence-electron chi connectivity index (χ4n) is 1.68. The first-order valence-electron chi connectivity index (χ1n) is 6.06. The van der Waals surface area contributed by atoms with Crippen molar-refractivity contribution in [3.8, 4) is 0 Å². The van der Waals surface area contributed by atoms with E-state index in [1.807, 2.05) is 6.92 Å². The normalized spacial score (nSPS) is 11.6. The molecule has 0 spiro atoms. The third-order valence-electron chi connectivity index (χ3n) is 2.87. The molecule has 17 heavy (non-hydrogen) atoms. The molecule has 0 saturated heterocycles. The van der Waals surface area contributed by atoms with Crippen LogP contribution in [0, 0.1) is 6.92 Å². The van der Waals surface area contributed by atoms with Crippen molar-refractivity contribution in [1.82, 2.24) is 0 Å². The number of unbranched alkanes of at least 4 members (excludes halogenated alkanes) is 3. The molecule has 0 atom stereocenters. The summed E-state index contributed by atoms with van der Waals surface area (Å²) in [4.78, 5) is 0.390. The van der Waals surface area contributed by atoms with Crippen LogP contribution in [0.1, 0.15) is 38.2 Å². The van der Waals surface area contributed by atoms with Crippen molar-refractivity contribution in [2.45, 2.75) is 44.4 Å². The Labute approximate surface area is 104 Å². The number of nitrogens with two attached hydrogens (primary N) is 1. The van der Waals surface area contributed by atoms with Crippen LogP contribution in [0.2, 0.25) is 0 Å². The molecule has 4 heteroatoms. The Morgan fingerprint density at radius 2 is 1.88 bits per heavy atom. The van der Waals surface area contributed by atoms with Crippen LogP contribution in [-0.4, -0.2) is 14.2 Å². The summed E-state index contributed by atoms with van der Waals surface area (Å²) in [6.07, 6.45) is 3.92. The molecular formula is C13H21NO2S. The SMILES string of the molecule is CCCCCCS(=O)(=O)c1ccc(N)c(C)c1. The van der Waals surface area contributed by atoms with Gasteiger partial charge in [-0.2, -0.15) is 0 Å². The lowest BCUT2D eigenvalue weighted by molar-refractivity contribution is 0.589. The van der Waals surface area contributed by atoms with Gasteiger partial charge in [-0.25, -0.2) is 8.42 Å². The Balaban J connectivity index is 2.72. The topological polar surface area (TPSA) is 60.2 Å². The molecule has 1 aromatic carbocycles. The third-order valence-corrected chi connectivity index (χ3v) is 4.67. The molecule has 0 amide bonds. The van der Waals surface area contributed by atoms with Crippen molar-refractivity contribution < 1.29 is 8.42 Å². The molecule has 0 aliphatic carbocycles. The van der Waals surface area contributed by atoms with Crippen LogP contribution in [0.15, 0.2) is 23.1 Å². The summed E-state index contributed by atoms with van der Waals surface area (Å²) >= 11 is 0. The van der Waals surface area contributed by atoms with Gasteiger partial charge in [0.2, 0.25) is 0 Å². The van der Waals surface area contributed by atoms with Gasteiger partial charge in [0, 0.05) is 5.69 Å². The number of hydrogen-bond acceptors (Lipinski definition) is 3. The van der Waals surface area contributed by atoms with E-state index in [1.165, 1.54) is 0 Å². The number of hydrogen-bond donors (Lipinski definition) is 1. The Kier molecular flexibility index (Phi) is 5.00. The number of anilines is 1. The average molecular weight is 255 g/mol. The van der Waals surface area contributed by atoms with Gasteiger partial charge < -0.3 is 5.73 Å². The highest BCUT2D eigenvalue weighted by molar-refractivity contribution is 7.91. The molecule has 1 aromatic rings. The molecule has 0 fully saturated rings. The molecule has 3 nitrogen and oxygen atoms in total. The summed E-state index contributed by atoms with van der Waals surface area (Å²) in [6, 6.07) is 4.91. The van der Waals surface area contributed by atoms with Crippen molar-refractivity contribution >= 4 is 15.5 Å². The molecule has 96 valence electrons. The Morgan fingerprint density at radius 1 is 1.18 bits per heavy atom. The first-order valence-corrected chi connectivity index (χ1v) is 7.71. The molecule has 0 heterocycles. The summed E-state index contributed by atoms with van der Waals surface area (Å²) < 4.78 is 24.0. The van der Waals surface area contributed by atoms with Gasteiger partial charge in [-0.1, -0.05) is 26.2 Å². The van der Waals surface area contributed by atoms with Gasteiger partial charge in [0.1, 0.15) is 0 Å². The van der Waals surface area contributed by atoms with Crippen LogP contribution in [-0.2, 0) is 9.84 Å². The van der Waals surface area contributed by atoms with Crippen LogP contribution in [0.5, 0.6) is 0 Å². The molecule has 0 radical (unpaired) electrons. The zero-order valence-electron chi connectivity index (χ0n) is 10.6. The Hall–Kier alpha value is -1.03. The average Bonchev–Trinajstić information content (AvgIpc) is 2.28. The smallest absolute Gasteiger partial charge is 0.178 e. The Morgan fingerprint density at radius 3 is 2.47 bits per heavy atom. The Bertz CT molecular complexity index is 466. The maximum atomic E-state index is 12.0. The first kappa shape index (κ1) is 14.0. The van der Waals surface area contributed by atoms with Gasteiger partial charge in [-0.05, 0) is 37.1 Å². The number of rotatable bonds is 6. The van der Waals surface area contributed by atoms with Gasteiger partial charge >= 0.3 is 0 Å². The van der Waals surface area contributed by atoms with Crippen molar-refractivity contribution in [3.63, 3.8) is 0 Å². The van der Waals surface area contributed by atoms with Crippen LogP contribution < -0.4 is 5.73 Å². The van der Waals surface area contributed by atoms with Gasteiger partial charge in [-0.15, -0.1) is 0 Å². The molecule has 0 unspecified atom stereocenters. The van der Waals surface area contributed by atoms with E-state index in [0.717, 1.165) is 31.2 Å². The number of nitrogen functional groups attached to an aromatic ring is 1. The summed E-state index contributed by atoms with van der Waals surface area (Å²) in [6.45, 7) is 3.93. The van der Waals surface area contributed by atoms with E-state index in [9.17, 15) is 8.42 Å². The van der Waals surface area contributed by atoms with Crippen molar-refractivity contribution in [2.24, 2.45) is 0 Å². The monoisotopic (exact) mass is 255 g/mol. The van der Waals surface area contributed by atoms with Crippen molar-refractivity contribution in [3.05, 3.63) is 23.8 Å². The first-order chi connectivity index (χ1) is 7.97. The minimum atomic E-state index is -3.14. The summed E-state index contributed by atoms with van der Waals surface area (Å²) in [5, 5.41) is 0. The fourth-order valence-corrected chi connectivity index (χ4v) is 3.13. The van der Waals surface area contributed by atoms with E-state index >= 15 is 0 Å². The lowest BCUT2D eigenvalue weighted by Crippen LogP contribution is -2.07. The third kappa shape index (κ3) is 4.04. The second-order valence-electron chi connectivity index (χ2n) is 4.40. The second-order valence-corrected chi connectivity index (χ2v) is 6.51.